The van der Waals surface area contributed by atoms with Crippen molar-refractivity contribution in [3.63, 3.8) is 0 Å². The first-order valence-electron chi connectivity index (χ1n) is 9.98. The number of carbonyl (C=O) groups is 1. The Morgan fingerprint density at radius 2 is 1.55 bits per heavy atom. The lowest BCUT2D eigenvalue weighted by Gasteiger charge is -2.19. The molecule has 1 heterocycles. The molecule has 2 aromatic carbocycles. The lowest BCUT2D eigenvalue weighted by Crippen LogP contribution is -2.24. The molecule has 3 aromatic rings. The molecule has 0 aliphatic rings. The van der Waals surface area contributed by atoms with Crippen LogP contribution in [-0.4, -0.2) is 10.9 Å². The maximum Gasteiger partial charge on any atom is 0.224 e. The Balaban J connectivity index is 1.46. The average molecular weight is 388 g/mol. The van der Waals surface area contributed by atoms with E-state index in [2.05, 4.69) is 60.7 Å². The van der Waals surface area contributed by atoms with E-state index in [1.54, 1.807) is 12.4 Å². The molecule has 0 bridgehead atoms. The highest BCUT2D eigenvalue weighted by Gasteiger charge is 2.12. The number of hydrogen-bond acceptors (Lipinski definition) is 3. The minimum Gasteiger partial charge on any atom is -0.381 e. The zero-order chi connectivity index (χ0) is 20.7. The van der Waals surface area contributed by atoms with E-state index in [-0.39, 0.29) is 11.3 Å². The molecule has 150 valence electrons. The monoisotopic (exact) mass is 387 g/mol. The predicted molar refractivity (Wildman–Crippen MR) is 119 cm³/mol. The number of pyridine rings is 1. The fourth-order valence-electron chi connectivity index (χ4n) is 3.02. The number of nitrogens with zero attached hydrogens (tertiary/aromatic N) is 1. The van der Waals surface area contributed by atoms with E-state index in [1.165, 1.54) is 11.1 Å². The van der Waals surface area contributed by atoms with Crippen LogP contribution in [0.15, 0.2) is 73.1 Å². The normalized spacial score (nSPS) is 11.1. The first kappa shape index (κ1) is 20.6. The third kappa shape index (κ3) is 6.46. The van der Waals surface area contributed by atoms with Gasteiger partial charge in [-0.1, -0.05) is 63.2 Å². The number of anilines is 1. The summed E-state index contributed by atoms with van der Waals surface area (Å²) in [6.45, 7) is 7.94. The molecule has 29 heavy (non-hydrogen) atoms. The predicted octanol–water partition coefficient (Wildman–Crippen LogP) is 4.85. The zero-order valence-corrected chi connectivity index (χ0v) is 17.4. The van der Waals surface area contributed by atoms with Crippen molar-refractivity contribution in [2.75, 3.05) is 5.32 Å². The summed E-state index contributed by atoms with van der Waals surface area (Å²) in [5.41, 5.74) is 5.80. The van der Waals surface area contributed by atoms with Crippen molar-refractivity contribution in [1.29, 1.82) is 0 Å². The average Bonchev–Trinajstić information content (AvgIpc) is 2.72. The molecule has 1 amide bonds. The van der Waals surface area contributed by atoms with Crippen LogP contribution in [0.25, 0.3) is 0 Å². The third-order valence-electron chi connectivity index (χ3n) is 4.85. The van der Waals surface area contributed by atoms with E-state index in [0.717, 1.165) is 23.4 Å². The second kappa shape index (κ2) is 9.37. The van der Waals surface area contributed by atoms with Crippen molar-refractivity contribution >= 4 is 11.6 Å². The fourth-order valence-corrected chi connectivity index (χ4v) is 3.02. The molecule has 1 aromatic heterocycles. The number of amides is 1. The van der Waals surface area contributed by atoms with Gasteiger partial charge in [0.25, 0.3) is 0 Å². The lowest BCUT2D eigenvalue weighted by atomic mass is 9.87. The highest BCUT2D eigenvalue weighted by molar-refractivity contribution is 5.78. The van der Waals surface area contributed by atoms with Gasteiger partial charge >= 0.3 is 0 Å². The summed E-state index contributed by atoms with van der Waals surface area (Å²) >= 11 is 0. The van der Waals surface area contributed by atoms with Crippen molar-refractivity contribution in [2.24, 2.45) is 0 Å². The lowest BCUT2D eigenvalue weighted by molar-refractivity contribution is -0.120. The molecule has 0 aliphatic heterocycles. The maximum absolute atomic E-state index is 12.1. The second-order valence-corrected chi connectivity index (χ2v) is 8.31. The molecule has 3 rings (SSSR count). The fraction of sp³-hybridized carbons (Fsp3) is 0.280. The van der Waals surface area contributed by atoms with Gasteiger partial charge in [-0.2, -0.15) is 0 Å². The minimum atomic E-state index is 0.00787. The minimum absolute atomic E-state index is 0.00787. The second-order valence-electron chi connectivity index (χ2n) is 8.31. The molecule has 2 N–H and O–H groups in total. The zero-order valence-electron chi connectivity index (χ0n) is 17.4. The van der Waals surface area contributed by atoms with E-state index < -0.39 is 0 Å². The van der Waals surface area contributed by atoms with Gasteiger partial charge in [-0.05, 0) is 45.9 Å². The highest BCUT2D eigenvalue weighted by atomic mass is 16.1. The maximum atomic E-state index is 12.1. The van der Waals surface area contributed by atoms with Crippen LogP contribution in [0.2, 0.25) is 0 Å². The summed E-state index contributed by atoms with van der Waals surface area (Å²) in [6.07, 6.45) is 3.86. The standard InChI is InChI=1S/C25H29N3O/c1-25(2,3)22-10-6-20(7-11-22)17-27-23-12-8-19(9-13-23)15-24(29)28-18-21-5-4-14-26-16-21/h4-14,16,27H,15,17-18H2,1-3H3,(H,28,29). The van der Waals surface area contributed by atoms with E-state index >= 15 is 0 Å². The Morgan fingerprint density at radius 3 is 2.17 bits per heavy atom. The number of hydrogen-bond donors (Lipinski definition) is 2. The molecule has 4 heteroatoms. The number of aromatic nitrogens is 1. The summed E-state index contributed by atoms with van der Waals surface area (Å²) in [6, 6.07) is 20.6. The number of benzene rings is 2. The Kier molecular flexibility index (Phi) is 6.65. The Hall–Kier alpha value is -3.14. The summed E-state index contributed by atoms with van der Waals surface area (Å²) in [4.78, 5) is 16.2. The van der Waals surface area contributed by atoms with Crippen LogP contribution in [0.4, 0.5) is 5.69 Å². The van der Waals surface area contributed by atoms with Crippen LogP contribution in [0.1, 0.15) is 43.0 Å². The SMILES string of the molecule is CC(C)(C)c1ccc(CNc2ccc(CC(=O)NCc3cccnc3)cc2)cc1. The molecular weight excluding hydrogens is 358 g/mol. The van der Waals surface area contributed by atoms with Gasteiger partial charge in [-0.15, -0.1) is 0 Å². The molecular formula is C25H29N3O. The van der Waals surface area contributed by atoms with E-state index in [0.29, 0.717) is 13.0 Å². The quantitative estimate of drug-likeness (QED) is 0.609. The highest BCUT2D eigenvalue weighted by Crippen LogP contribution is 2.22. The smallest absolute Gasteiger partial charge is 0.224 e. The molecule has 0 fully saturated rings. The largest absolute Gasteiger partial charge is 0.381 e. The Morgan fingerprint density at radius 1 is 0.862 bits per heavy atom. The van der Waals surface area contributed by atoms with Gasteiger partial charge in [0.1, 0.15) is 0 Å². The van der Waals surface area contributed by atoms with Gasteiger partial charge < -0.3 is 10.6 Å². The summed E-state index contributed by atoms with van der Waals surface area (Å²) in [5.74, 6) is 0.00787. The van der Waals surface area contributed by atoms with Gasteiger partial charge in [-0.25, -0.2) is 0 Å². The molecule has 0 spiro atoms. The Bertz CT molecular complexity index is 911. The molecule has 0 aliphatic carbocycles. The number of rotatable bonds is 7. The van der Waals surface area contributed by atoms with E-state index in [9.17, 15) is 4.79 Å². The van der Waals surface area contributed by atoms with Crippen molar-refractivity contribution in [2.45, 2.75) is 45.7 Å². The molecule has 0 atom stereocenters. The van der Waals surface area contributed by atoms with Crippen molar-refractivity contribution < 1.29 is 4.79 Å². The van der Waals surface area contributed by atoms with Crippen LogP contribution in [0, 0.1) is 0 Å². The first-order chi connectivity index (χ1) is 13.9. The van der Waals surface area contributed by atoms with Crippen LogP contribution in [-0.2, 0) is 29.7 Å². The number of nitrogens with one attached hydrogen (secondary N) is 2. The van der Waals surface area contributed by atoms with Crippen LogP contribution in [0.3, 0.4) is 0 Å². The summed E-state index contributed by atoms with van der Waals surface area (Å²) in [5, 5.41) is 6.37. The van der Waals surface area contributed by atoms with E-state index in [4.69, 9.17) is 0 Å². The molecule has 0 saturated heterocycles. The van der Waals surface area contributed by atoms with Crippen molar-refractivity contribution in [1.82, 2.24) is 10.3 Å². The molecule has 4 nitrogen and oxygen atoms in total. The summed E-state index contributed by atoms with van der Waals surface area (Å²) in [7, 11) is 0. The third-order valence-corrected chi connectivity index (χ3v) is 4.85. The number of carbonyl (C=O) groups excluding carboxylic acids is 1. The van der Waals surface area contributed by atoms with Crippen molar-refractivity contribution in [3.05, 3.63) is 95.3 Å². The van der Waals surface area contributed by atoms with Crippen molar-refractivity contribution in [3.8, 4) is 0 Å². The topological polar surface area (TPSA) is 54.0 Å². The van der Waals surface area contributed by atoms with Crippen LogP contribution < -0.4 is 10.6 Å². The molecule has 0 unspecified atom stereocenters. The van der Waals surface area contributed by atoms with E-state index in [1.807, 2.05) is 36.4 Å². The molecule has 0 saturated carbocycles. The first-order valence-corrected chi connectivity index (χ1v) is 9.98. The van der Waals surface area contributed by atoms with Crippen LogP contribution >= 0.6 is 0 Å². The van der Waals surface area contributed by atoms with Gasteiger partial charge in [-0.3, -0.25) is 9.78 Å². The van der Waals surface area contributed by atoms with Gasteiger partial charge in [0.15, 0.2) is 0 Å². The molecule has 0 radical (unpaired) electrons. The van der Waals surface area contributed by atoms with Crippen LogP contribution in [0.5, 0.6) is 0 Å². The van der Waals surface area contributed by atoms with Gasteiger partial charge in [0.2, 0.25) is 5.91 Å². The Labute approximate surface area is 173 Å². The van der Waals surface area contributed by atoms with Gasteiger partial charge in [0, 0.05) is 31.2 Å². The summed E-state index contributed by atoms with van der Waals surface area (Å²) < 4.78 is 0. The van der Waals surface area contributed by atoms with Gasteiger partial charge in [0.05, 0.1) is 6.42 Å².